The molecule has 10 heteroatoms. The first-order valence-electron chi connectivity index (χ1n) is 8.60. The number of hydrogen-bond donors (Lipinski definition) is 1. The van der Waals surface area contributed by atoms with Crippen LogP contribution in [-0.2, 0) is 11.2 Å². The summed E-state index contributed by atoms with van der Waals surface area (Å²) in [4.78, 5) is 31.8. The van der Waals surface area contributed by atoms with Gasteiger partial charge in [-0.3, -0.25) is 14.9 Å². The van der Waals surface area contributed by atoms with Crippen LogP contribution in [0.5, 0.6) is 11.6 Å². The van der Waals surface area contributed by atoms with E-state index in [-0.39, 0.29) is 23.8 Å². The second-order valence-corrected chi connectivity index (χ2v) is 6.29. The van der Waals surface area contributed by atoms with Crippen molar-refractivity contribution in [1.29, 1.82) is 5.26 Å². The molecule has 1 fully saturated rings. The lowest BCUT2D eigenvalue weighted by molar-refractivity contribution is -0.385. The fourth-order valence-corrected chi connectivity index (χ4v) is 3.04. The number of carboxylic acids is 1. The van der Waals surface area contributed by atoms with Crippen LogP contribution in [0.4, 0.5) is 11.5 Å². The van der Waals surface area contributed by atoms with Crippen molar-refractivity contribution in [1.82, 2.24) is 9.97 Å². The van der Waals surface area contributed by atoms with E-state index in [1.807, 2.05) is 6.07 Å². The molecule has 2 heterocycles. The van der Waals surface area contributed by atoms with Crippen LogP contribution in [-0.4, -0.2) is 39.1 Å². The van der Waals surface area contributed by atoms with Gasteiger partial charge in [0.2, 0.25) is 5.82 Å². The molecule has 1 aliphatic heterocycles. The Kier molecular flexibility index (Phi) is 5.64. The summed E-state index contributed by atoms with van der Waals surface area (Å²) in [6.07, 6.45) is 2.20. The number of carbonyl (C=O) groups is 1. The molecule has 0 aliphatic carbocycles. The van der Waals surface area contributed by atoms with Crippen molar-refractivity contribution in [2.75, 3.05) is 18.0 Å². The number of anilines is 1. The lowest BCUT2D eigenvalue weighted by atomic mass is 9.97. The molecule has 0 unspecified atom stereocenters. The summed E-state index contributed by atoms with van der Waals surface area (Å²) in [5, 5.41) is 29.5. The molecule has 1 aromatic carbocycles. The Morgan fingerprint density at radius 2 is 2.00 bits per heavy atom. The zero-order valence-electron chi connectivity index (χ0n) is 14.8. The molecular formula is C18H17N5O5. The number of hydrogen-bond acceptors (Lipinski definition) is 8. The van der Waals surface area contributed by atoms with Crippen LogP contribution in [0.25, 0.3) is 0 Å². The van der Waals surface area contributed by atoms with E-state index in [0.717, 1.165) is 5.56 Å². The maximum Gasteiger partial charge on any atom is 0.373 e. The lowest BCUT2D eigenvalue weighted by Gasteiger charge is -2.30. The predicted octanol–water partition coefficient (Wildman–Crippen LogP) is 2.54. The second-order valence-electron chi connectivity index (χ2n) is 6.29. The average molecular weight is 383 g/mol. The molecule has 0 saturated carbocycles. The first kappa shape index (κ1) is 19.0. The first-order valence-corrected chi connectivity index (χ1v) is 8.60. The van der Waals surface area contributed by atoms with E-state index in [4.69, 9.17) is 15.1 Å². The number of ether oxygens (including phenoxy) is 1. The number of rotatable bonds is 6. The molecular weight excluding hydrogens is 366 g/mol. The SMILES string of the molecule is N#CCc1ccc(Oc2ncnc(N3CCC(C(=O)O)CC3)c2[N+](=O)[O-])cc1. The Hall–Kier alpha value is -3.74. The van der Waals surface area contributed by atoms with Gasteiger partial charge >= 0.3 is 17.5 Å². The van der Waals surface area contributed by atoms with Gasteiger partial charge in [-0.2, -0.15) is 10.2 Å². The van der Waals surface area contributed by atoms with Crippen LogP contribution in [0.15, 0.2) is 30.6 Å². The third-order valence-electron chi connectivity index (χ3n) is 4.52. The molecule has 1 aliphatic rings. The third kappa shape index (κ3) is 4.15. The average Bonchev–Trinajstić information content (AvgIpc) is 2.69. The topological polar surface area (TPSA) is 142 Å². The van der Waals surface area contributed by atoms with Crippen molar-refractivity contribution >= 4 is 17.5 Å². The summed E-state index contributed by atoms with van der Waals surface area (Å²) in [5.41, 5.74) is 0.436. The highest BCUT2D eigenvalue weighted by Gasteiger charge is 2.32. The van der Waals surface area contributed by atoms with Gasteiger partial charge < -0.3 is 14.7 Å². The van der Waals surface area contributed by atoms with E-state index in [1.54, 1.807) is 29.2 Å². The zero-order valence-corrected chi connectivity index (χ0v) is 14.8. The smallest absolute Gasteiger partial charge is 0.373 e. The first-order chi connectivity index (χ1) is 13.5. The molecule has 2 aromatic rings. The fraction of sp³-hybridized carbons (Fsp3) is 0.333. The van der Waals surface area contributed by atoms with Gasteiger partial charge in [-0.1, -0.05) is 12.1 Å². The number of carboxylic acid groups (broad SMARTS) is 1. The van der Waals surface area contributed by atoms with E-state index < -0.39 is 16.8 Å². The Morgan fingerprint density at radius 1 is 1.32 bits per heavy atom. The van der Waals surface area contributed by atoms with Crippen molar-refractivity contribution in [2.45, 2.75) is 19.3 Å². The largest absolute Gasteiger partial charge is 0.481 e. The highest BCUT2D eigenvalue weighted by molar-refractivity contribution is 5.71. The summed E-state index contributed by atoms with van der Waals surface area (Å²) in [5.74, 6) is -1.05. The predicted molar refractivity (Wildman–Crippen MR) is 97.1 cm³/mol. The van der Waals surface area contributed by atoms with Crippen LogP contribution in [0.1, 0.15) is 18.4 Å². The molecule has 1 aromatic heterocycles. The molecule has 1 saturated heterocycles. The van der Waals surface area contributed by atoms with Crippen molar-refractivity contribution in [3.63, 3.8) is 0 Å². The van der Waals surface area contributed by atoms with E-state index in [1.165, 1.54) is 6.33 Å². The molecule has 1 N–H and O–H groups in total. The number of piperidine rings is 1. The van der Waals surface area contributed by atoms with Gasteiger partial charge in [-0.15, -0.1) is 0 Å². The van der Waals surface area contributed by atoms with E-state index in [9.17, 15) is 14.9 Å². The molecule has 3 rings (SSSR count). The van der Waals surface area contributed by atoms with Gasteiger partial charge in [-0.25, -0.2) is 4.98 Å². The summed E-state index contributed by atoms with van der Waals surface area (Å²) in [6, 6.07) is 8.65. The van der Waals surface area contributed by atoms with Crippen molar-refractivity contribution in [3.8, 4) is 17.7 Å². The van der Waals surface area contributed by atoms with E-state index in [2.05, 4.69) is 9.97 Å². The van der Waals surface area contributed by atoms with Gasteiger partial charge in [-0.05, 0) is 30.5 Å². The zero-order chi connectivity index (χ0) is 20.1. The Labute approximate surface area is 160 Å². The van der Waals surface area contributed by atoms with Crippen molar-refractivity contribution in [3.05, 3.63) is 46.3 Å². The van der Waals surface area contributed by atoms with E-state index >= 15 is 0 Å². The Balaban J connectivity index is 1.85. The molecule has 10 nitrogen and oxygen atoms in total. The van der Waals surface area contributed by atoms with Crippen LogP contribution in [0, 0.1) is 27.4 Å². The quantitative estimate of drug-likeness (QED) is 0.588. The molecule has 28 heavy (non-hydrogen) atoms. The van der Waals surface area contributed by atoms with Gasteiger partial charge in [0.15, 0.2) is 0 Å². The Morgan fingerprint density at radius 3 is 2.57 bits per heavy atom. The number of nitro groups is 1. The fourth-order valence-electron chi connectivity index (χ4n) is 3.04. The number of aromatic nitrogens is 2. The van der Waals surface area contributed by atoms with Gasteiger partial charge in [0.25, 0.3) is 0 Å². The number of benzene rings is 1. The number of aliphatic carboxylic acids is 1. The molecule has 0 radical (unpaired) electrons. The minimum atomic E-state index is -0.860. The van der Waals surface area contributed by atoms with Crippen LogP contribution in [0.3, 0.4) is 0 Å². The van der Waals surface area contributed by atoms with Gasteiger partial charge in [0.1, 0.15) is 12.1 Å². The van der Waals surface area contributed by atoms with Crippen molar-refractivity contribution < 1.29 is 19.6 Å². The van der Waals surface area contributed by atoms with Crippen LogP contribution in [0.2, 0.25) is 0 Å². The minimum absolute atomic E-state index is 0.111. The number of nitrogens with zero attached hydrogens (tertiary/aromatic N) is 5. The molecule has 144 valence electrons. The van der Waals surface area contributed by atoms with Gasteiger partial charge in [0.05, 0.1) is 23.3 Å². The van der Waals surface area contributed by atoms with Crippen LogP contribution >= 0.6 is 0 Å². The Bertz CT molecular complexity index is 917. The molecule has 0 bridgehead atoms. The molecule has 0 spiro atoms. The summed E-state index contributed by atoms with van der Waals surface area (Å²) < 4.78 is 5.60. The highest BCUT2D eigenvalue weighted by Crippen LogP contribution is 2.37. The normalized spacial score (nSPS) is 14.3. The summed E-state index contributed by atoms with van der Waals surface area (Å²) >= 11 is 0. The number of nitriles is 1. The van der Waals surface area contributed by atoms with Crippen LogP contribution < -0.4 is 9.64 Å². The maximum atomic E-state index is 11.7. The lowest BCUT2D eigenvalue weighted by Crippen LogP contribution is -2.37. The maximum absolute atomic E-state index is 11.7. The standard InChI is InChI=1S/C18H17N5O5/c19-8-5-12-1-3-14(4-2-12)28-17-15(23(26)27)16(20-11-21-17)22-9-6-13(7-10-22)18(24)25/h1-4,11,13H,5-7,9-10H2,(H,24,25). The summed E-state index contributed by atoms with van der Waals surface area (Å²) in [7, 11) is 0. The molecule has 0 amide bonds. The summed E-state index contributed by atoms with van der Waals surface area (Å²) in [6.45, 7) is 0.689. The molecule has 0 atom stereocenters. The van der Waals surface area contributed by atoms with Crippen molar-refractivity contribution in [2.24, 2.45) is 5.92 Å². The monoisotopic (exact) mass is 383 g/mol. The van der Waals surface area contributed by atoms with E-state index in [0.29, 0.717) is 31.7 Å². The van der Waals surface area contributed by atoms with Gasteiger partial charge in [0, 0.05) is 13.1 Å². The highest BCUT2D eigenvalue weighted by atomic mass is 16.6. The second kappa shape index (κ2) is 8.30. The minimum Gasteiger partial charge on any atom is -0.481 e. The third-order valence-corrected chi connectivity index (χ3v) is 4.52.